The minimum Gasteiger partial charge on any atom is -0.467 e. The van der Waals surface area contributed by atoms with Crippen molar-refractivity contribution in [1.29, 1.82) is 0 Å². The first-order chi connectivity index (χ1) is 17.8. The summed E-state index contributed by atoms with van der Waals surface area (Å²) in [5.74, 6) is -0.886. The summed E-state index contributed by atoms with van der Waals surface area (Å²) in [5.41, 5.74) is 1.93. The van der Waals surface area contributed by atoms with Gasteiger partial charge in [0, 0.05) is 35.0 Å². The van der Waals surface area contributed by atoms with E-state index in [2.05, 4.69) is 27.5 Å². The lowest BCUT2D eigenvalue weighted by atomic mass is 10.0. The maximum atomic E-state index is 13.0. The minimum absolute atomic E-state index is 0.198. The number of benzene rings is 1. The average Bonchev–Trinajstić information content (AvgIpc) is 3.23. The van der Waals surface area contributed by atoms with E-state index in [0.29, 0.717) is 5.75 Å². The maximum Gasteiger partial charge on any atom is 0.408 e. The SMILES string of the molecule is C=C(C)CSC[C@H](NC(=O)OC(C)(C)C)C(=O)N[C@@H](C)C(=O)N[C@@H](Cc1c[nH]c2ccccc12)C(=O)OC. The lowest BCUT2D eigenvalue weighted by Gasteiger charge is -2.25. The maximum absolute atomic E-state index is 13.0. The number of para-hydroxylation sites is 1. The normalized spacial score (nSPS) is 13.6. The molecule has 2 rings (SSSR count). The Morgan fingerprint density at radius 3 is 2.37 bits per heavy atom. The number of H-pyrrole nitrogens is 1. The fraction of sp³-hybridized carbons (Fsp3) is 0.481. The molecule has 0 saturated heterocycles. The molecule has 2 aromatic rings. The first-order valence-corrected chi connectivity index (χ1v) is 13.4. The van der Waals surface area contributed by atoms with Crippen LogP contribution >= 0.6 is 11.8 Å². The van der Waals surface area contributed by atoms with Crippen molar-refractivity contribution in [2.24, 2.45) is 0 Å². The molecule has 0 fully saturated rings. The number of rotatable bonds is 12. The summed E-state index contributed by atoms with van der Waals surface area (Å²) >= 11 is 1.42. The minimum atomic E-state index is -0.994. The number of alkyl carbamates (subject to hydrolysis) is 1. The molecule has 0 bridgehead atoms. The van der Waals surface area contributed by atoms with Gasteiger partial charge in [-0.25, -0.2) is 9.59 Å². The summed E-state index contributed by atoms with van der Waals surface area (Å²) in [7, 11) is 1.25. The highest BCUT2D eigenvalue weighted by Gasteiger charge is 2.29. The van der Waals surface area contributed by atoms with Crippen molar-refractivity contribution in [2.75, 3.05) is 18.6 Å². The molecule has 4 N–H and O–H groups in total. The molecule has 1 aromatic heterocycles. The zero-order valence-electron chi connectivity index (χ0n) is 22.8. The first-order valence-electron chi connectivity index (χ1n) is 12.3. The predicted octanol–water partition coefficient (Wildman–Crippen LogP) is 3.08. The molecule has 0 aliphatic rings. The number of thioether (sulfide) groups is 1. The van der Waals surface area contributed by atoms with Gasteiger partial charge in [-0.15, -0.1) is 0 Å². The second-order valence-electron chi connectivity index (χ2n) is 10.0. The Labute approximate surface area is 227 Å². The Morgan fingerprint density at radius 1 is 1.05 bits per heavy atom. The Morgan fingerprint density at radius 2 is 1.74 bits per heavy atom. The molecule has 0 aliphatic heterocycles. The topological polar surface area (TPSA) is 139 Å². The highest BCUT2D eigenvalue weighted by Crippen LogP contribution is 2.19. The molecule has 0 radical (unpaired) electrons. The van der Waals surface area contributed by atoms with Gasteiger partial charge in [0.25, 0.3) is 0 Å². The smallest absolute Gasteiger partial charge is 0.408 e. The van der Waals surface area contributed by atoms with Crippen LogP contribution in [0.1, 0.15) is 40.2 Å². The molecule has 1 heterocycles. The average molecular weight is 547 g/mol. The molecule has 1 aromatic carbocycles. The number of fused-ring (bicyclic) bond motifs is 1. The molecule has 0 unspecified atom stereocenters. The number of amides is 3. The third kappa shape index (κ3) is 9.77. The van der Waals surface area contributed by atoms with Gasteiger partial charge < -0.3 is 30.4 Å². The monoisotopic (exact) mass is 546 g/mol. The van der Waals surface area contributed by atoms with Crippen LogP contribution in [0.2, 0.25) is 0 Å². The first kappa shape index (κ1) is 30.8. The van der Waals surface area contributed by atoms with Gasteiger partial charge in [0.2, 0.25) is 11.8 Å². The van der Waals surface area contributed by atoms with Gasteiger partial charge in [-0.2, -0.15) is 11.8 Å². The summed E-state index contributed by atoms with van der Waals surface area (Å²) in [6.07, 6.45) is 1.24. The Kier molecular flexibility index (Phi) is 11.2. The molecule has 3 atom stereocenters. The van der Waals surface area contributed by atoms with E-state index in [9.17, 15) is 19.2 Å². The number of hydrogen-bond acceptors (Lipinski definition) is 7. The van der Waals surface area contributed by atoms with Crippen molar-refractivity contribution in [3.05, 3.63) is 48.2 Å². The van der Waals surface area contributed by atoms with Crippen molar-refractivity contribution in [3.8, 4) is 0 Å². The van der Waals surface area contributed by atoms with Crippen LogP contribution in [0, 0.1) is 0 Å². The van der Waals surface area contributed by atoms with Gasteiger partial charge in [-0.1, -0.05) is 30.4 Å². The number of aromatic nitrogens is 1. The van der Waals surface area contributed by atoms with Gasteiger partial charge in [0.1, 0.15) is 23.7 Å². The van der Waals surface area contributed by atoms with Crippen LogP contribution in [0.4, 0.5) is 4.79 Å². The van der Waals surface area contributed by atoms with Crippen molar-refractivity contribution < 1.29 is 28.7 Å². The Hall–Kier alpha value is -3.47. The zero-order chi connectivity index (χ0) is 28.5. The second kappa shape index (κ2) is 13.9. The summed E-state index contributed by atoms with van der Waals surface area (Å²) in [5, 5.41) is 8.80. The molecule has 0 aliphatic carbocycles. The van der Waals surface area contributed by atoms with Crippen molar-refractivity contribution in [1.82, 2.24) is 20.9 Å². The van der Waals surface area contributed by atoms with Gasteiger partial charge in [-0.3, -0.25) is 9.59 Å². The number of carbonyl (C=O) groups is 4. The van der Waals surface area contributed by atoms with Gasteiger partial charge in [0.15, 0.2) is 0 Å². The molecule has 208 valence electrons. The quantitative estimate of drug-likeness (QED) is 0.237. The predicted molar refractivity (Wildman–Crippen MR) is 149 cm³/mol. The highest BCUT2D eigenvalue weighted by atomic mass is 32.2. The number of aromatic amines is 1. The van der Waals surface area contributed by atoms with Crippen LogP contribution in [0.3, 0.4) is 0 Å². The second-order valence-corrected chi connectivity index (χ2v) is 11.1. The Bertz CT molecular complexity index is 1160. The van der Waals surface area contributed by atoms with Crippen LogP contribution in [0.15, 0.2) is 42.6 Å². The third-order valence-corrected chi connectivity index (χ3v) is 6.56. The standard InChI is InChI=1S/C27H38N4O6S/c1-16(2)14-38-15-22(31-26(35)37-27(4,5)6)24(33)29-17(3)23(32)30-21(25(34)36-7)12-18-13-28-20-11-9-8-10-19(18)20/h8-11,13,17,21-22,28H,1,12,14-15H2,2-7H3,(H,29,33)(H,30,32)(H,31,35)/t17-,21-,22-/m0/s1. The molecule has 38 heavy (non-hydrogen) atoms. The summed E-state index contributed by atoms with van der Waals surface area (Å²) in [6, 6.07) is 4.71. The molecular formula is C27H38N4O6S. The number of ether oxygens (including phenoxy) is 2. The summed E-state index contributed by atoms with van der Waals surface area (Å²) in [4.78, 5) is 53.9. The van der Waals surface area contributed by atoms with Crippen LogP contribution < -0.4 is 16.0 Å². The fourth-order valence-electron chi connectivity index (χ4n) is 3.52. The number of methoxy groups -OCH3 is 1. The van der Waals surface area contributed by atoms with Crippen LogP contribution in [-0.2, 0) is 30.3 Å². The molecule has 0 spiro atoms. The number of esters is 1. The molecule has 11 heteroatoms. The van der Waals surface area contributed by atoms with Crippen LogP contribution in [0.5, 0.6) is 0 Å². The Balaban J connectivity index is 2.07. The third-order valence-electron chi connectivity index (χ3n) is 5.29. The van der Waals surface area contributed by atoms with E-state index in [1.54, 1.807) is 27.0 Å². The fourth-order valence-corrected chi connectivity index (χ4v) is 4.45. The number of hydrogen-bond donors (Lipinski definition) is 4. The largest absolute Gasteiger partial charge is 0.467 e. The van der Waals surface area contributed by atoms with Gasteiger partial charge in [-0.05, 0) is 46.2 Å². The van der Waals surface area contributed by atoms with E-state index in [-0.39, 0.29) is 12.2 Å². The van der Waals surface area contributed by atoms with E-state index in [4.69, 9.17) is 9.47 Å². The van der Waals surface area contributed by atoms with Gasteiger partial charge in [0.05, 0.1) is 7.11 Å². The van der Waals surface area contributed by atoms with Crippen LogP contribution in [-0.4, -0.2) is 71.2 Å². The summed E-state index contributed by atoms with van der Waals surface area (Å²) < 4.78 is 10.2. The number of carbonyl (C=O) groups excluding carboxylic acids is 4. The van der Waals surface area contributed by atoms with E-state index in [1.165, 1.54) is 25.8 Å². The van der Waals surface area contributed by atoms with E-state index >= 15 is 0 Å². The van der Waals surface area contributed by atoms with Crippen molar-refractivity contribution in [3.63, 3.8) is 0 Å². The van der Waals surface area contributed by atoms with Crippen molar-refractivity contribution in [2.45, 2.75) is 64.8 Å². The zero-order valence-corrected chi connectivity index (χ0v) is 23.6. The van der Waals surface area contributed by atoms with Crippen molar-refractivity contribution >= 4 is 46.5 Å². The molecule has 10 nitrogen and oxygen atoms in total. The number of nitrogens with one attached hydrogen (secondary N) is 4. The lowest BCUT2D eigenvalue weighted by molar-refractivity contribution is -0.145. The molecule has 3 amide bonds. The molecule has 0 saturated carbocycles. The van der Waals surface area contributed by atoms with E-state index in [0.717, 1.165) is 22.0 Å². The van der Waals surface area contributed by atoms with Crippen LogP contribution in [0.25, 0.3) is 10.9 Å². The lowest BCUT2D eigenvalue weighted by Crippen LogP contribution is -2.56. The van der Waals surface area contributed by atoms with E-state index in [1.807, 2.05) is 31.2 Å². The van der Waals surface area contributed by atoms with Gasteiger partial charge >= 0.3 is 12.1 Å². The molecular weight excluding hydrogens is 508 g/mol. The highest BCUT2D eigenvalue weighted by molar-refractivity contribution is 7.99. The summed E-state index contributed by atoms with van der Waals surface area (Å²) in [6.45, 7) is 12.4. The van der Waals surface area contributed by atoms with E-state index < -0.39 is 47.6 Å².